The number of fused-ring (bicyclic) bond motifs is 1. The van der Waals surface area contributed by atoms with Crippen LogP contribution in [0.15, 0.2) is 77.8 Å². The van der Waals surface area contributed by atoms with Gasteiger partial charge in [0.05, 0.1) is 32.0 Å². The van der Waals surface area contributed by atoms with Gasteiger partial charge in [-0.1, -0.05) is 48.2 Å². The monoisotopic (exact) mass is 472 g/mol. The summed E-state index contributed by atoms with van der Waals surface area (Å²) in [6.07, 6.45) is 0. The first-order chi connectivity index (χ1) is 16.5. The van der Waals surface area contributed by atoms with E-state index in [-0.39, 0.29) is 11.7 Å². The van der Waals surface area contributed by atoms with Gasteiger partial charge in [0.15, 0.2) is 11.5 Å². The lowest BCUT2D eigenvalue weighted by Gasteiger charge is -2.23. The number of amides is 1. The highest BCUT2D eigenvalue weighted by Gasteiger charge is 2.18. The molecule has 0 atom stereocenters. The molecule has 3 aromatic carbocycles. The Morgan fingerprint density at radius 2 is 1.68 bits per heavy atom. The molecule has 0 aliphatic carbocycles. The molecule has 0 N–H and O–H groups in total. The van der Waals surface area contributed by atoms with Gasteiger partial charge in [-0.05, 0) is 66.9 Å². The van der Waals surface area contributed by atoms with Crippen molar-refractivity contribution in [3.63, 3.8) is 0 Å². The van der Waals surface area contributed by atoms with Crippen molar-refractivity contribution >= 4 is 34.3 Å². The number of hydrogen-bond acceptors (Lipinski definition) is 5. The second-order valence-electron chi connectivity index (χ2n) is 8.10. The van der Waals surface area contributed by atoms with Crippen molar-refractivity contribution < 1.29 is 14.3 Å². The number of nitrogens with zero attached hydrogens (tertiary/aromatic N) is 2. The van der Waals surface area contributed by atoms with Gasteiger partial charge >= 0.3 is 0 Å². The van der Waals surface area contributed by atoms with Crippen LogP contribution in [0.3, 0.4) is 0 Å². The lowest BCUT2D eigenvalue weighted by atomic mass is 10.1. The van der Waals surface area contributed by atoms with Crippen molar-refractivity contribution in [1.29, 1.82) is 0 Å². The number of pyridine rings is 1. The average Bonchev–Trinajstić information content (AvgIpc) is 2.86. The van der Waals surface area contributed by atoms with Crippen LogP contribution in [-0.2, 0) is 11.3 Å². The van der Waals surface area contributed by atoms with Crippen LogP contribution >= 0.6 is 11.8 Å². The summed E-state index contributed by atoms with van der Waals surface area (Å²) in [6.45, 7) is 4.52. The summed E-state index contributed by atoms with van der Waals surface area (Å²) < 4.78 is 10.8. The molecule has 174 valence electrons. The summed E-state index contributed by atoms with van der Waals surface area (Å²) in [5.74, 6) is 1.60. The molecule has 0 fully saturated rings. The van der Waals surface area contributed by atoms with E-state index in [0.29, 0.717) is 18.0 Å². The Morgan fingerprint density at radius 1 is 0.912 bits per heavy atom. The summed E-state index contributed by atoms with van der Waals surface area (Å²) in [6, 6.07) is 23.8. The van der Waals surface area contributed by atoms with Crippen LogP contribution in [0, 0.1) is 13.8 Å². The highest BCUT2D eigenvalue weighted by atomic mass is 32.2. The lowest BCUT2D eigenvalue weighted by Crippen LogP contribution is -2.32. The van der Waals surface area contributed by atoms with Gasteiger partial charge in [-0.25, -0.2) is 4.98 Å². The average molecular weight is 473 g/mol. The zero-order chi connectivity index (χ0) is 24.1. The largest absolute Gasteiger partial charge is 0.493 e. The number of benzene rings is 3. The highest BCUT2D eigenvalue weighted by molar-refractivity contribution is 8.00. The zero-order valence-corrected chi connectivity index (χ0v) is 20.7. The molecule has 0 aliphatic heterocycles. The molecule has 1 heterocycles. The van der Waals surface area contributed by atoms with E-state index < -0.39 is 0 Å². The summed E-state index contributed by atoms with van der Waals surface area (Å²) in [4.78, 5) is 20.1. The van der Waals surface area contributed by atoms with E-state index in [1.165, 1.54) is 17.3 Å². The Balaban J connectivity index is 1.57. The predicted octanol–water partition coefficient (Wildman–Crippen LogP) is 6.19. The third kappa shape index (κ3) is 5.34. The molecular formula is C28H28N2O3S. The van der Waals surface area contributed by atoms with E-state index in [1.54, 1.807) is 19.1 Å². The number of methoxy groups -OCH3 is 2. The first-order valence-corrected chi connectivity index (χ1v) is 12.0. The van der Waals surface area contributed by atoms with Gasteiger partial charge in [0.1, 0.15) is 5.03 Å². The molecule has 0 saturated carbocycles. The number of carbonyl (C=O) groups excluding carboxylic acids is 1. The number of rotatable bonds is 8. The number of carbonyl (C=O) groups is 1. The maximum absolute atomic E-state index is 13.4. The molecule has 0 unspecified atom stereocenters. The Morgan fingerprint density at radius 3 is 2.41 bits per heavy atom. The van der Waals surface area contributed by atoms with Gasteiger partial charge in [0.2, 0.25) is 5.91 Å². The number of thioether (sulfide) groups is 1. The Labute approximate surface area is 204 Å². The molecule has 0 spiro atoms. The molecular weight excluding hydrogens is 444 g/mol. The maximum atomic E-state index is 13.4. The van der Waals surface area contributed by atoms with Crippen LogP contribution in [0.1, 0.15) is 16.7 Å². The molecule has 4 aromatic rings. The molecule has 34 heavy (non-hydrogen) atoms. The number of aryl methyl sites for hydroxylation is 2. The molecule has 5 nitrogen and oxygen atoms in total. The number of para-hydroxylation sites is 1. The molecule has 0 saturated heterocycles. The number of anilines is 1. The van der Waals surface area contributed by atoms with Crippen molar-refractivity contribution in [2.45, 2.75) is 25.4 Å². The minimum Gasteiger partial charge on any atom is -0.493 e. The quantitative estimate of drug-likeness (QED) is 0.286. The van der Waals surface area contributed by atoms with E-state index in [1.807, 2.05) is 55.5 Å². The normalized spacial score (nSPS) is 10.8. The summed E-state index contributed by atoms with van der Waals surface area (Å²) in [5, 5.41) is 1.99. The molecule has 0 radical (unpaired) electrons. The molecule has 6 heteroatoms. The minimum absolute atomic E-state index is 0.0107. The van der Waals surface area contributed by atoms with Crippen LogP contribution in [0.25, 0.3) is 10.9 Å². The Hall–Kier alpha value is -3.51. The standard InChI is InChI=1S/C28H28N2O3S/c1-19-10-12-22-15-20(2)28(29-24(22)14-19)34-18-27(31)30(23-8-6-5-7-9-23)17-21-11-13-25(32-3)26(16-21)33-4/h5-16H,17-18H2,1-4H3. The van der Waals surface area contributed by atoms with E-state index in [9.17, 15) is 4.79 Å². The van der Waals surface area contributed by atoms with Crippen molar-refractivity contribution in [3.8, 4) is 11.5 Å². The van der Waals surface area contributed by atoms with Crippen molar-refractivity contribution in [1.82, 2.24) is 4.98 Å². The highest BCUT2D eigenvalue weighted by Crippen LogP contribution is 2.30. The van der Waals surface area contributed by atoms with Gasteiger partial charge in [0, 0.05) is 11.1 Å². The van der Waals surface area contributed by atoms with Crippen molar-refractivity contribution in [2.75, 3.05) is 24.9 Å². The number of hydrogen-bond donors (Lipinski definition) is 0. The molecule has 4 rings (SSSR count). The van der Waals surface area contributed by atoms with Gasteiger partial charge < -0.3 is 14.4 Å². The van der Waals surface area contributed by atoms with Gasteiger partial charge in [0.25, 0.3) is 0 Å². The first kappa shape index (κ1) is 23.6. The van der Waals surface area contributed by atoms with E-state index in [2.05, 4.69) is 31.2 Å². The fourth-order valence-electron chi connectivity index (χ4n) is 3.81. The lowest BCUT2D eigenvalue weighted by molar-refractivity contribution is -0.116. The third-order valence-electron chi connectivity index (χ3n) is 5.61. The summed E-state index contributed by atoms with van der Waals surface area (Å²) in [7, 11) is 3.22. The fraction of sp³-hybridized carbons (Fsp3) is 0.214. The SMILES string of the molecule is COc1ccc(CN(C(=O)CSc2nc3cc(C)ccc3cc2C)c2ccccc2)cc1OC. The van der Waals surface area contributed by atoms with Gasteiger partial charge in [-0.2, -0.15) is 0 Å². The number of aromatic nitrogens is 1. The fourth-order valence-corrected chi connectivity index (χ4v) is 4.68. The van der Waals surface area contributed by atoms with Gasteiger partial charge in [-0.15, -0.1) is 0 Å². The number of ether oxygens (including phenoxy) is 2. The minimum atomic E-state index is 0.0107. The van der Waals surface area contributed by atoms with E-state index in [0.717, 1.165) is 32.7 Å². The van der Waals surface area contributed by atoms with Crippen LogP contribution in [0.4, 0.5) is 5.69 Å². The summed E-state index contributed by atoms with van der Waals surface area (Å²) >= 11 is 1.48. The maximum Gasteiger partial charge on any atom is 0.237 e. The second-order valence-corrected chi connectivity index (χ2v) is 9.06. The second kappa shape index (κ2) is 10.6. The van der Waals surface area contributed by atoms with Crippen LogP contribution in [0.5, 0.6) is 11.5 Å². The summed E-state index contributed by atoms with van der Waals surface area (Å²) in [5.41, 5.74) is 4.99. The van der Waals surface area contributed by atoms with E-state index in [4.69, 9.17) is 14.5 Å². The van der Waals surface area contributed by atoms with Crippen LogP contribution in [0.2, 0.25) is 0 Å². The predicted molar refractivity (Wildman–Crippen MR) is 139 cm³/mol. The smallest absolute Gasteiger partial charge is 0.237 e. The van der Waals surface area contributed by atoms with Crippen LogP contribution < -0.4 is 14.4 Å². The van der Waals surface area contributed by atoms with Crippen LogP contribution in [-0.4, -0.2) is 30.9 Å². The first-order valence-electron chi connectivity index (χ1n) is 11.1. The molecule has 0 bridgehead atoms. The van der Waals surface area contributed by atoms with Gasteiger partial charge in [-0.3, -0.25) is 4.79 Å². The molecule has 0 aliphatic rings. The molecule has 1 aromatic heterocycles. The Bertz CT molecular complexity index is 1310. The third-order valence-corrected chi connectivity index (χ3v) is 6.69. The van der Waals surface area contributed by atoms with Crippen molar-refractivity contribution in [3.05, 3.63) is 89.5 Å². The topological polar surface area (TPSA) is 51.7 Å². The Kier molecular flexibility index (Phi) is 7.38. The zero-order valence-electron chi connectivity index (χ0n) is 19.9. The van der Waals surface area contributed by atoms with Crippen molar-refractivity contribution in [2.24, 2.45) is 0 Å². The van der Waals surface area contributed by atoms with E-state index >= 15 is 0 Å². The molecule has 1 amide bonds.